The molecule has 0 aliphatic rings. The fourth-order valence-electron chi connectivity index (χ4n) is 2.51. The van der Waals surface area contributed by atoms with Gasteiger partial charge in [-0.1, -0.05) is 35.4 Å². The van der Waals surface area contributed by atoms with Crippen molar-refractivity contribution in [3.05, 3.63) is 59.7 Å². The van der Waals surface area contributed by atoms with Crippen molar-refractivity contribution in [3.8, 4) is 0 Å². The van der Waals surface area contributed by atoms with Gasteiger partial charge in [0.25, 0.3) is 20.2 Å². The van der Waals surface area contributed by atoms with Crippen LogP contribution in [-0.2, 0) is 38.1 Å². The summed E-state index contributed by atoms with van der Waals surface area (Å²) in [4.78, 5) is 0.0187. The molecule has 0 saturated carbocycles. The Labute approximate surface area is 178 Å². The Morgan fingerprint density at radius 1 is 0.633 bits per heavy atom. The topological polar surface area (TPSA) is 105 Å². The molecule has 0 heterocycles. The third kappa shape index (κ3) is 6.59. The van der Waals surface area contributed by atoms with Gasteiger partial charge in [0.15, 0.2) is 0 Å². The summed E-state index contributed by atoms with van der Waals surface area (Å²) in [5.41, 5.74) is 1.82. The van der Waals surface area contributed by atoms with Crippen molar-refractivity contribution in [1.82, 2.24) is 0 Å². The lowest BCUT2D eigenvalue weighted by molar-refractivity contribution is -0.0695. The Morgan fingerprint density at radius 2 is 0.933 bits per heavy atom. The summed E-state index contributed by atoms with van der Waals surface area (Å²) in [5, 5.41) is 0. The maximum atomic E-state index is 12.4. The maximum Gasteiger partial charge on any atom is 0.297 e. The molecule has 0 N–H and O–H groups in total. The molecule has 8 nitrogen and oxygen atoms in total. The Balaban J connectivity index is 2.02. The molecule has 2 rings (SSSR count). The molecule has 0 aliphatic heterocycles. The van der Waals surface area contributed by atoms with Crippen LogP contribution in [0.5, 0.6) is 0 Å². The highest BCUT2D eigenvalue weighted by Crippen LogP contribution is 2.17. The van der Waals surface area contributed by atoms with Crippen molar-refractivity contribution < 1.29 is 34.7 Å². The molecule has 0 unspecified atom stereocenters. The van der Waals surface area contributed by atoms with Crippen molar-refractivity contribution in [2.24, 2.45) is 0 Å². The zero-order valence-electron chi connectivity index (χ0n) is 17.3. The lowest BCUT2D eigenvalue weighted by atomic mass is 10.2. The van der Waals surface area contributed by atoms with E-state index < -0.39 is 32.4 Å². The summed E-state index contributed by atoms with van der Waals surface area (Å²) < 4.78 is 70.1. The van der Waals surface area contributed by atoms with Gasteiger partial charge in [-0.3, -0.25) is 8.37 Å². The van der Waals surface area contributed by atoms with Crippen molar-refractivity contribution in [1.29, 1.82) is 0 Å². The van der Waals surface area contributed by atoms with Crippen molar-refractivity contribution in [2.45, 2.75) is 35.8 Å². The van der Waals surface area contributed by atoms with Crippen LogP contribution in [0.4, 0.5) is 0 Å². The molecule has 166 valence electrons. The van der Waals surface area contributed by atoms with Crippen LogP contribution in [0.3, 0.4) is 0 Å². The monoisotopic (exact) mass is 458 g/mol. The molecule has 10 heteroatoms. The van der Waals surface area contributed by atoms with E-state index in [0.717, 1.165) is 11.1 Å². The SMILES string of the molecule is CO[C@@H](COS(=O)(=O)c1ccc(C)cc1)[C@H](COS(=O)(=O)c1ccc(C)cc1)OC. The van der Waals surface area contributed by atoms with E-state index in [2.05, 4.69) is 0 Å². The number of ether oxygens (including phenoxy) is 2. The van der Waals surface area contributed by atoms with E-state index in [1.54, 1.807) is 24.3 Å². The third-order valence-electron chi connectivity index (χ3n) is 4.41. The number of hydrogen-bond donors (Lipinski definition) is 0. The van der Waals surface area contributed by atoms with Crippen LogP contribution in [0.2, 0.25) is 0 Å². The zero-order chi connectivity index (χ0) is 22.4. The predicted molar refractivity (Wildman–Crippen MR) is 110 cm³/mol. The van der Waals surface area contributed by atoms with Crippen LogP contribution >= 0.6 is 0 Å². The van der Waals surface area contributed by atoms with Gasteiger partial charge < -0.3 is 9.47 Å². The molecule has 30 heavy (non-hydrogen) atoms. The fraction of sp³-hybridized carbons (Fsp3) is 0.400. The van der Waals surface area contributed by atoms with E-state index in [0.29, 0.717) is 0 Å². The van der Waals surface area contributed by atoms with Gasteiger partial charge in [0.05, 0.1) is 23.0 Å². The molecular formula is C20H26O8S2. The molecule has 2 aromatic carbocycles. The minimum absolute atomic E-state index is 0.00937. The normalized spacial score (nSPS) is 14.4. The maximum absolute atomic E-state index is 12.4. The highest BCUT2D eigenvalue weighted by Gasteiger charge is 2.28. The summed E-state index contributed by atoms with van der Waals surface area (Å²) >= 11 is 0. The van der Waals surface area contributed by atoms with E-state index in [4.69, 9.17) is 17.8 Å². The van der Waals surface area contributed by atoms with E-state index in [9.17, 15) is 16.8 Å². The lowest BCUT2D eigenvalue weighted by Crippen LogP contribution is -2.38. The standard InChI is InChI=1S/C20H26O8S2/c1-15-5-9-17(10-6-15)29(21,22)27-13-19(25-3)20(26-4)14-28-30(23,24)18-11-7-16(2)8-12-18/h5-12,19-20H,13-14H2,1-4H3/t19-,20-/m0/s1. The number of benzene rings is 2. The first-order valence-corrected chi connectivity index (χ1v) is 11.9. The lowest BCUT2D eigenvalue weighted by Gasteiger charge is -2.24. The smallest absolute Gasteiger partial charge is 0.297 e. The molecule has 0 saturated heterocycles. The van der Waals surface area contributed by atoms with E-state index in [-0.39, 0.29) is 23.0 Å². The van der Waals surface area contributed by atoms with Gasteiger partial charge in [-0.25, -0.2) is 0 Å². The zero-order valence-corrected chi connectivity index (χ0v) is 18.9. The molecule has 0 bridgehead atoms. The van der Waals surface area contributed by atoms with Gasteiger partial charge in [0, 0.05) is 14.2 Å². The van der Waals surface area contributed by atoms with Crippen LogP contribution in [0.1, 0.15) is 11.1 Å². The second-order valence-electron chi connectivity index (χ2n) is 6.65. The summed E-state index contributed by atoms with van der Waals surface area (Å²) in [5.74, 6) is 0. The molecular weight excluding hydrogens is 432 g/mol. The van der Waals surface area contributed by atoms with Crippen molar-refractivity contribution in [3.63, 3.8) is 0 Å². The van der Waals surface area contributed by atoms with Gasteiger partial charge in [-0.2, -0.15) is 16.8 Å². The Bertz CT molecular complexity index is 928. The van der Waals surface area contributed by atoms with Crippen LogP contribution in [0, 0.1) is 13.8 Å². The van der Waals surface area contributed by atoms with Crippen molar-refractivity contribution >= 4 is 20.2 Å². The number of methoxy groups -OCH3 is 2. The molecule has 0 aromatic heterocycles. The number of rotatable bonds is 11. The third-order valence-corrected chi connectivity index (χ3v) is 7.01. The first-order chi connectivity index (χ1) is 14.1. The Morgan fingerprint density at radius 3 is 1.20 bits per heavy atom. The van der Waals surface area contributed by atoms with E-state index in [1.807, 2.05) is 13.8 Å². The summed E-state index contributed by atoms with van der Waals surface area (Å²) in [6.07, 6.45) is -1.77. The average Bonchev–Trinajstić information content (AvgIpc) is 2.71. The summed E-state index contributed by atoms with van der Waals surface area (Å²) in [6, 6.07) is 12.4. The van der Waals surface area contributed by atoms with Gasteiger partial charge in [-0.15, -0.1) is 0 Å². The molecule has 2 atom stereocenters. The minimum atomic E-state index is -4.01. The molecule has 2 aromatic rings. The van der Waals surface area contributed by atoms with Gasteiger partial charge in [0.1, 0.15) is 12.2 Å². The van der Waals surface area contributed by atoms with Crippen LogP contribution in [0.15, 0.2) is 58.3 Å². The predicted octanol–water partition coefficient (Wildman–Crippen LogP) is 2.44. The van der Waals surface area contributed by atoms with Gasteiger partial charge in [0.2, 0.25) is 0 Å². The number of aryl methyl sites for hydroxylation is 2. The van der Waals surface area contributed by atoms with Crippen LogP contribution < -0.4 is 0 Å². The minimum Gasteiger partial charge on any atom is -0.376 e. The second-order valence-corrected chi connectivity index (χ2v) is 9.88. The van der Waals surface area contributed by atoms with Crippen molar-refractivity contribution in [2.75, 3.05) is 27.4 Å². The quantitative estimate of drug-likeness (QED) is 0.473. The highest BCUT2D eigenvalue weighted by molar-refractivity contribution is 7.87. The Hall–Kier alpha value is -1.82. The van der Waals surface area contributed by atoms with E-state index in [1.165, 1.54) is 38.5 Å². The molecule has 0 amide bonds. The second kappa shape index (κ2) is 10.5. The largest absolute Gasteiger partial charge is 0.376 e. The van der Waals surface area contributed by atoms with E-state index >= 15 is 0 Å². The van der Waals surface area contributed by atoms with Gasteiger partial charge in [-0.05, 0) is 38.1 Å². The summed E-state index contributed by atoms with van der Waals surface area (Å²) in [6.45, 7) is 2.93. The first kappa shape index (κ1) is 24.4. The molecule has 0 fully saturated rings. The Kier molecular flexibility index (Phi) is 8.53. The van der Waals surface area contributed by atoms with Gasteiger partial charge >= 0.3 is 0 Å². The molecule has 0 spiro atoms. The number of hydrogen-bond acceptors (Lipinski definition) is 8. The fourth-order valence-corrected chi connectivity index (χ4v) is 4.35. The highest BCUT2D eigenvalue weighted by atomic mass is 32.2. The molecule has 0 radical (unpaired) electrons. The van der Waals surface area contributed by atoms with Crippen LogP contribution in [0.25, 0.3) is 0 Å². The average molecular weight is 459 g/mol. The summed E-state index contributed by atoms with van der Waals surface area (Å²) in [7, 11) is -5.34. The molecule has 0 aliphatic carbocycles. The van der Waals surface area contributed by atoms with Crippen LogP contribution in [-0.4, -0.2) is 56.5 Å². The first-order valence-electron chi connectivity index (χ1n) is 9.07.